The first kappa shape index (κ1) is 14.1. The lowest BCUT2D eigenvalue weighted by atomic mass is 10.2. The highest BCUT2D eigenvalue weighted by atomic mass is 19.1. The van der Waals surface area contributed by atoms with Gasteiger partial charge in [0.15, 0.2) is 5.76 Å². The molecule has 0 saturated carbocycles. The lowest BCUT2D eigenvalue weighted by molar-refractivity contribution is 0.0921. The van der Waals surface area contributed by atoms with Crippen molar-refractivity contribution in [1.29, 1.82) is 0 Å². The molecule has 0 aliphatic carbocycles. The number of nitrogen functional groups attached to an aromatic ring is 1. The number of nitrogens with one attached hydrogen (secondary N) is 1. The molecular weight excluding hydrogens is 263 g/mol. The SMILES string of the molecule is Cc1ccc(OCc2cc(C)c(C(=O)NN)o2)cc1F. The summed E-state index contributed by atoms with van der Waals surface area (Å²) in [5.41, 5.74) is 3.20. The maximum atomic E-state index is 13.4. The van der Waals surface area contributed by atoms with Crippen LogP contribution in [0.5, 0.6) is 5.75 Å². The predicted octanol–water partition coefficient (Wildman–Crippen LogP) is 2.22. The zero-order valence-electron chi connectivity index (χ0n) is 11.2. The Morgan fingerprint density at radius 1 is 1.35 bits per heavy atom. The first-order chi connectivity index (χ1) is 9.51. The highest BCUT2D eigenvalue weighted by Gasteiger charge is 2.14. The Balaban J connectivity index is 2.07. The van der Waals surface area contributed by atoms with E-state index in [4.69, 9.17) is 15.0 Å². The van der Waals surface area contributed by atoms with Crippen molar-refractivity contribution < 1.29 is 18.3 Å². The van der Waals surface area contributed by atoms with Gasteiger partial charge in [0.25, 0.3) is 0 Å². The van der Waals surface area contributed by atoms with Crippen LogP contribution in [0.25, 0.3) is 0 Å². The Bertz CT molecular complexity index is 637. The Labute approximate surface area is 115 Å². The number of halogens is 1. The van der Waals surface area contributed by atoms with E-state index >= 15 is 0 Å². The minimum Gasteiger partial charge on any atom is -0.486 e. The number of hydrogen-bond donors (Lipinski definition) is 2. The molecule has 1 amide bonds. The van der Waals surface area contributed by atoms with E-state index in [1.807, 2.05) is 5.43 Å². The van der Waals surface area contributed by atoms with Crippen molar-refractivity contribution in [3.05, 3.63) is 52.7 Å². The van der Waals surface area contributed by atoms with Crippen LogP contribution in [0.4, 0.5) is 4.39 Å². The van der Waals surface area contributed by atoms with Gasteiger partial charge in [0, 0.05) is 11.6 Å². The van der Waals surface area contributed by atoms with Crippen molar-refractivity contribution >= 4 is 5.91 Å². The summed E-state index contributed by atoms with van der Waals surface area (Å²) < 4.78 is 24.1. The van der Waals surface area contributed by atoms with Crippen molar-refractivity contribution in [2.45, 2.75) is 20.5 Å². The van der Waals surface area contributed by atoms with Gasteiger partial charge in [0.2, 0.25) is 0 Å². The molecule has 0 spiro atoms. The molecule has 106 valence electrons. The summed E-state index contributed by atoms with van der Waals surface area (Å²) >= 11 is 0. The fourth-order valence-electron chi connectivity index (χ4n) is 1.73. The monoisotopic (exact) mass is 278 g/mol. The topological polar surface area (TPSA) is 77.5 Å². The van der Waals surface area contributed by atoms with E-state index in [0.717, 1.165) is 0 Å². The molecule has 20 heavy (non-hydrogen) atoms. The van der Waals surface area contributed by atoms with E-state index in [9.17, 15) is 9.18 Å². The number of benzene rings is 1. The van der Waals surface area contributed by atoms with E-state index in [0.29, 0.717) is 22.6 Å². The summed E-state index contributed by atoms with van der Waals surface area (Å²) in [4.78, 5) is 11.4. The first-order valence-electron chi connectivity index (χ1n) is 6.00. The van der Waals surface area contributed by atoms with Crippen LogP contribution in [-0.2, 0) is 6.61 Å². The Morgan fingerprint density at radius 3 is 2.75 bits per heavy atom. The normalized spacial score (nSPS) is 10.4. The third-order valence-electron chi connectivity index (χ3n) is 2.83. The van der Waals surface area contributed by atoms with E-state index in [2.05, 4.69) is 0 Å². The van der Waals surface area contributed by atoms with Gasteiger partial charge >= 0.3 is 5.91 Å². The molecule has 0 saturated heterocycles. The Morgan fingerprint density at radius 2 is 2.10 bits per heavy atom. The van der Waals surface area contributed by atoms with Crippen molar-refractivity contribution in [2.24, 2.45) is 5.84 Å². The summed E-state index contributed by atoms with van der Waals surface area (Å²) in [5, 5.41) is 0. The summed E-state index contributed by atoms with van der Waals surface area (Å²) in [6, 6.07) is 6.28. The van der Waals surface area contributed by atoms with Gasteiger partial charge in [-0.05, 0) is 31.5 Å². The van der Waals surface area contributed by atoms with Crippen molar-refractivity contribution in [1.82, 2.24) is 5.43 Å². The summed E-state index contributed by atoms with van der Waals surface area (Å²) in [7, 11) is 0. The van der Waals surface area contributed by atoms with Crippen LogP contribution in [0.15, 0.2) is 28.7 Å². The second kappa shape index (κ2) is 5.75. The number of carbonyl (C=O) groups excluding carboxylic acids is 1. The molecule has 0 aliphatic rings. The van der Waals surface area contributed by atoms with Gasteiger partial charge in [-0.2, -0.15) is 0 Å². The molecule has 0 radical (unpaired) electrons. The first-order valence-corrected chi connectivity index (χ1v) is 6.00. The molecule has 0 bridgehead atoms. The van der Waals surface area contributed by atoms with Crippen LogP contribution < -0.4 is 16.0 Å². The largest absolute Gasteiger partial charge is 0.486 e. The van der Waals surface area contributed by atoms with Crippen LogP contribution in [0.3, 0.4) is 0 Å². The minimum absolute atomic E-state index is 0.0984. The number of ether oxygens (including phenoxy) is 1. The molecule has 0 aliphatic heterocycles. The lowest BCUT2D eigenvalue weighted by Gasteiger charge is -2.05. The van der Waals surface area contributed by atoms with Gasteiger partial charge in [0.05, 0.1) is 0 Å². The van der Waals surface area contributed by atoms with E-state index in [-0.39, 0.29) is 18.2 Å². The molecule has 0 atom stereocenters. The summed E-state index contributed by atoms with van der Waals surface area (Å²) in [6.07, 6.45) is 0. The smallest absolute Gasteiger partial charge is 0.301 e. The number of furan rings is 1. The molecule has 1 aromatic carbocycles. The molecule has 0 fully saturated rings. The van der Waals surface area contributed by atoms with Gasteiger partial charge in [-0.3, -0.25) is 10.2 Å². The standard InChI is InChI=1S/C14H15FN2O3/c1-8-3-4-10(6-12(8)15)19-7-11-5-9(2)13(20-11)14(18)17-16/h3-6H,7,16H2,1-2H3,(H,17,18). The zero-order valence-corrected chi connectivity index (χ0v) is 11.2. The minimum atomic E-state index is -0.505. The number of rotatable bonds is 4. The molecule has 1 aromatic heterocycles. The number of nitrogens with two attached hydrogens (primary N) is 1. The maximum Gasteiger partial charge on any atom is 0.301 e. The fraction of sp³-hybridized carbons (Fsp3) is 0.214. The lowest BCUT2D eigenvalue weighted by Crippen LogP contribution is -2.30. The average Bonchev–Trinajstić information content (AvgIpc) is 2.80. The number of amides is 1. The second-order valence-corrected chi connectivity index (χ2v) is 4.40. The van der Waals surface area contributed by atoms with Gasteiger partial charge in [0.1, 0.15) is 23.9 Å². The van der Waals surface area contributed by atoms with Crippen molar-refractivity contribution in [3.63, 3.8) is 0 Å². The average molecular weight is 278 g/mol. The molecule has 3 N–H and O–H groups in total. The van der Waals surface area contributed by atoms with Crippen molar-refractivity contribution in [2.75, 3.05) is 0 Å². The van der Waals surface area contributed by atoms with Crippen LogP contribution in [-0.4, -0.2) is 5.91 Å². The number of carbonyl (C=O) groups is 1. The third kappa shape index (κ3) is 2.97. The Hall–Kier alpha value is -2.34. The van der Waals surface area contributed by atoms with Crippen LogP contribution >= 0.6 is 0 Å². The Kier molecular flexibility index (Phi) is 4.05. The van der Waals surface area contributed by atoms with Gasteiger partial charge < -0.3 is 9.15 Å². The molecule has 1 heterocycles. The highest BCUT2D eigenvalue weighted by molar-refractivity contribution is 5.92. The number of hydrazine groups is 1. The number of aryl methyl sites for hydroxylation is 2. The predicted molar refractivity (Wildman–Crippen MR) is 70.6 cm³/mol. The third-order valence-corrected chi connectivity index (χ3v) is 2.83. The molecule has 2 aromatic rings. The van der Waals surface area contributed by atoms with Crippen LogP contribution in [0, 0.1) is 19.7 Å². The van der Waals surface area contributed by atoms with E-state index in [1.54, 1.807) is 32.0 Å². The van der Waals surface area contributed by atoms with E-state index < -0.39 is 5.91 Å². The second-order valence-electron chi connectivity index (χ2n) is 4.40. The fourth-order valence-corrected chi connectivity index (χ4v) is 1.73. The van der Waals surface area contributed by atoms with Crippen molar-refractivity contribution in [3.8, 4) is 5.75 Å². The number of hydrogen-bond acceptors (Lipinski definition) is 4. The maximum absolute atomic E-state index is 13.4. The zero-order chi connectivity index (χ0) is 14.7. The highest BCUT2D eigenvalue weighted by Crippen LogP contribution is 2.19. The molecule has 0 unspecified atom stereocenters. The summed E-state index contributed by atoms with van der Waals surface area (Å²) in [6.45, 7) is 3.50. The van der Waals surface area contributed by atoms with Gasteiger partial charge in [-0.15, -0.1) is 0 Å². The molecule has 6 heteroatoms. The van der Waals surface area contributed by atoms with Gasteiger partial charge in [-0.25, -0.2) is 10.2 Å². The van der Waals surface area contributed by atoms with Crippen LogP contribution in [0.1, 0.15) is 27.4 Å². The van der Waals surface area contributed by atoms with E-state index in [1.165, 1.54) is 6.07 Å². The quantitative estimate of drug-likeness (QED) is 0.510. The molecule has 5 nitrogen and oxygen atoms in total. The summed E-state index contributed by atoms with van der Waals surface area (Å²) in [5.74, 6) is 5.20. The molecular formula is C14H15FN2O3. The molecule has 2 rings (SSSR count). The van der Waals surface area contributed by atoms with Crippen LogP contribution in [0.2, 0.25) is 0 Å². The van der Waals surface area contributed by atoms with Gasteiger partial charge in [-0.1, -0.05) is 6.07 Å².